The number of carboxylic acid groups (broad SMARTS) is 1. The van der Waals surface area contributed by atoms with Crippen molar-refractivity contribution in [3.8, 4) is 6.07 Å². The zero-order valence-electron chi connectivity index (χ0n) is 7.99. The predicted octanol–water partition coefficient (Wildman–Crippen LogP) is 1.09. The number of nitrogens with zero attached hydrogens (tertiary/aromatic N) is 2. The quantitative estimate of drug-likeness (QED) is 0.643. The van der Waals surface area contributed by atoms with Gasteiger partial charge >= 0.3 is 5.97 Å². The molecule has 0 fully saturated rings. The van der Waals surface area contributed by atoms with Crippen LogP contribution in [0.15, 0.2) is 0 Å². The number of carboxylic acids is 1. The maximum absolute atomic E-state index is 10.2. The zero-order chi connectivity index (χ0) is 10.1. The first-order chi connectivity index (χ1) is 6.20. The third kappa shape index (κ3) is 7.29. The van der Waals surface area contributed by atoms with Crippen LogP contribution in [-0.4, -0.2) is 35.6 Å². The Labute approximate surface area is 78.8 Å². The van der Waals surface area contributed by atoms with Crippen molar-refractivity contribution in [1.82, 2.24) is 4.90 Å². The van der Waals surface area contributed by atoms with E-state index in [1.807, 2.05) is 6.92 Å². The van der Waals surface area contributed by atoms with Gasteiger partial charge in [0.25, 0.3) is 0 Å². The summed E-state index contributed by atoms with van der Waals surface area (Å²) in [6, 6.07) is 2.07. The number of rotatable bonds is 7. The minimum absolute atomic E-state index is 0.211. The van der Waals surface area contributed by atoms with Gasteiger partial charge in [0.1, 0.15) is 0 Å². The van der Waals surface area contributed by atoms with Crippen LogP contribution < -0.4 is 0 Å². The lowest BCUT2D eigenvalue weighted by molar-refractivity contribution is -0.137. The maximum Gasteiger partial charge on any atom is 0.303 e. The molecule has 1 N–H and O–H groups in total. The van der Waals surface area contributed by atoms with Gasteiger partial charge in [0.2, 0.25) is 0 Å². The molecule has 0 rings (SSSR count). The molecule has 0 saturated heterocycles. The molecule has 0 spiro atoms. The molecule has 74 valence electrons. The minimum atomic E-state index is -0.753. The van der Waals surface area contributed by atoms with Crippen LogP contribution in [0, 0.1) is 11.3 Å². The third-order valence-electron chi connectivity index (χ3n) is 1.85. The number of carbonyl (C=O) groups is 1. The largest absolute Gasteiger partial charge is 0.481 e. The van der Waals surface area contributed by atoms with E-state index in [0.29, 0.717) is 12.8 Å². The van der Waals surface area contributed by atoms with Crippen LogP contribution >= 0.6 is 0 Å². The fraction of sp³-hybridized carbons (Fsp3) is 0.778. The lowest BCUT2D eigenvalue weighted by Crippen LogP contribution is -2.25. The molecule has 0 unspecified atom stereocenters. The van der Waals surface area contributed by atoms with Crippen LogP contribution in [-0.2, 0) is 4.79 Å². The van der Waals surface area contributed by atoms with Gasteiger partial charge in [-0.1, -0.05) is 6.92 Å². The molecule has 0 aliphatic rings. The van der Waals surface area contributed by atoms with E-state index in [9.17, 15) is 4.79 Å². The molecular weight excluding hydrogens is 168 g/mol. The molecule has 0 atom stereocenters. The smallest absolute Gasteiger partial charge is 0.303 e. The first-order valence-corrected chi connectivity index (χ1v) is 4.51. The van der Waals surface area contributed by atoms with Crippen LogP contribution in [0.5, 0.6) is 0 Å². The summed E-state index contributed by atoms with van der Waals surface area (Å²) in [5.74, 6) is -0.753. The van der Waals surface area contributed by atoms with Crippen LogP contribution in [0.3, 0.4) is 0 Å². The van der Waals surface area contributed by atoms with Gasteiger partial charge in [0, 0.05) is 19.4 Å². The summed E-state index contributed by atoms with van der Waals surface area (Å²) in [7, 11) is 0. The molecule has 0 aromatic carbocycles. The van der Waals surface area contributed by atoms with Gasteiger partial charge < -0.3 is 10.0 Å². The van der Waals surface area contributed by atoms with Crippen LogP contribution in [0.4, 0.5) is 0 Å². The molecule has 0 radical (unpaired) electrons. The van der Waals surface area contributed by atoms with Crippen molar-refractivity contribution in [3.63, 3.8) is 0 Å². The van der Waals surface area contributed by atoms with Crippen LogP contribution in [0.25, 0.3) is 0 Å². The van der Waals surface area contributed by atoms with E-state index in [-0.39, 0.29) is 6.42 Å². The summed E-state index contributed by atoms with van der Waals surface area (Å²) in [5.41, 5.74) is 0. The molecule has 0 bridgehead atoms. The van der Waals surface area contributed by atoms with E-state index < -0.39 is 5.97 Å². The highest BCUT2D eigenvalue weighted by Crippen LogP contribution is 1.96. The Bertz CT molecular complexity index is 187. The third-order valence-corrected chi connectivity index (χ3v) is 1.85. The van der Waals surface area contributed by atoms with E-state index in [4.69, 9.17) is 10.4 Å². The topological polar surface area (TPSA) is 64.3 Å². The molecule has 4 nitrogen and oxygen atoms in total. The van der Waals surface area contributed by atoms with Gasteiger partial charge in [-0.3, -0.25) is 4.79 Å². The van der Waals surface area contributed by atoms with Crippen LogP contribution in [0.1, 0.15) is 26.2 Å². The second kappa shape index (κ2) is 7.56. The summed E-state index contributed by atoms with van der Waals surface area (Å²) in [5, 5.41) is 16.8. The van der Waals surface area contributed by atoms with Crippen LogP contribution in [0.2, 0.25) is 0 Å². The summed E-state index contributed by atoms with van der Waals surface area (Å²) in [6.45, 7) is 4.40. The summed E-state index contributed by atoms with van der Waals surface area (Å²) in [4.78, 5) is 12.3. The first-order valence-electron chi connectivity index (χ1n) is 4.51. The lowest BCUT2D eigenvalue weighted by atomic mass is 10.3. The van der Waals surface area contributed by atoms with Gasteiger partial charge in [0.15, 0.2) is 0 Å². The van der Waals surface area contributed by atoms with E-state index in [1.54, 1.807) is 0 Å². The van der Waals surface area contributed by atoms with Crippen molar-refractivity contribution >= 4 is 5.97 Å². The highest BCUT2D eigenvalue weighted by atomic mass is 16.4. The Balaban J connectivity index is 3.48. The number of hydrogen-bond acceptors (Lipinski definition) is 3. The molecule has 0 aliphatic heterocycles. The summed E-state index contributed by atoms with van der Waals surface area (Å²) in [6.07, 6.45) is 1.39. The molecule has 0 saturated carbocycles. The Morgan fingerprint density at radius 2 is 2.23 bits per heavy atom. The monoisotopic (exact) mass is 184 g/mol. The minimum Gasteiger partial charge on any atom is -0.481 e. The molecule has 0 aromatic rings. The number of hydrogen-bond donors (Lipinski definition) is 1. The van der Waals surface area contributed by atoms with Gasteiger partial charge in [-0.25, -0.2) is 0 Å². The predicted molar refractivity (Wildman–Crippen MR) is 49.2 cm³/mol. The van der Waals surface area contributed by atoms with E-state index in [1.165, 1.54) is 0 Å². The Hall–Kier alpha value is -1.08. The highest BCUT2D eigenvalue weighted by Gasteiger charge is 2.02. The standard InChI is InChI=1S/C9H16N2O2/c1-2-11(8-4-6-10)7-3-5-9(12)13/h2-5,7-8H2,1H3,(H,12,13). The second-order valence-electron chi connectivity index (χ2n) is 2.84. The van der Waals surface area contributed by atoms with Crippen molar-refractivity contribution in [2.75, 3.05) is 19.6 Å². The van der Waals surface area contributed by atoms with Gasteiger partial charge in [-0.2, -0.15) is 5.26 Å². The average Bonchev–Trinajstić information content (AvgIpc) is 2.10. The second-order valence-corrected chi connectivity index (χ2v) is 2.84. The molecular formula is C9H16N2O2. The van der Waals surface area contributed by atoms with Crippen molar-refractivity contribution in [2.24, 2.45) is 0 Å². The SMILES string of the molecule is CCN(CCC#N)CCCC(=O)O. The summed E-state index contributed by atoms with van der Waals surface area (Å²) >= 11 is 0. The maximum atomic E-state index is 10.2. The number of aliphatic carboxylic acids is 1. The molecule has 0 heterocycles. The van der Waals surface area contributed by atoms with Crippen molar-refractivity contribution in [3.05, 3.63) is 0 Å². The Morgan fingerprint density at radius 3 is 2.69 bits per heavy atom. The van der Waals surface area contributed by atoms with Gasteiger partial charge in [0.05, 0.1) is 6.07 Å². The highest BCUT2D eigenvalue weighted by molar-refractivity contribution is 5.66. The fourth-order valence-corrected chi connectivity index (χ4v) is 1.09. The Kier molecular flexibility index (Phi) is 6.93. The van der Waals surface area contributed by atoms with Gasteiger partial charge in [-0.05, 0) is 19.5 Å². The Morgan fingerprint density at radius 1 is 1.54 bits per heavy atom. The molecule has 0 aromatic heterocycles. The number of nitriles is 1. The molecule has 0 amide bonds. The summed E-state index contributed by atoms with van der Waals surface area (Å²) < 4.78 is 0. The van der Waals surface area contributed by atoms with Crippen molar-refractivity contribution in [2.45, 2.75) is 26.2 Å². The van der Waals surface area contributed by atoms with E-state index in [2.05, 4.69) is 11.0 Å². The van der Waals surface area contributed by atoms with Crippen molar-refractivity contribution in [1.29, 1.82) is 5.26 Å². The molecule has 4 heteroatoms. The first kappa shape index (κ1) is 11.9. The normalized spacial score (nSPS) is 9.92. The molecule has 0 aliphatic carbocycles. The molecule has 13 heavy (non-hydrogen) atoms. The average molecular weight is 184 g/mol. The van der Waals surface area contributed by atoms with Crippen molar-refractivity contribution < 1.29 is 9.90 Å². The van der Waals surface area contributed by atoms with Gasteiger partial charge in [-0.15, -0.1) is 0 Å². The zero-order valence-corrected chi connectivity index (χ0v) is 7.99. The lowest BCUT2D eigenvalue weighted by Gasteiger charge is -2.17. The van der Waals surface area contributed by atoms with E-state index >= 15 is 0 Å². The fourth-order valence-electron chi connectivity index (χ4n) is 1.09. The van der Waals surface area contributed by atoms with E-state index in [0.717, 1.165) is 19.6 Å².